The maximum absolute atomic E-state index is 14.8. The van der Waals surface area contributed by atoms with Gasteiger partial charge in [-0.1, -0.05) is 67.3 Å². The van der Waals surface area contributed by atoms with Gasteiger partial charge in [0.25, 0.3) is 10.0 Å². The van der Waals surface area contributed by atoms with E-state index in [1.165, 1.54) is 54.5 Å². The van der Waals surface area contributed by atoms with Gasteiger partial charge in [0.2, 0.25) is 11.8 Å². The highest BCUT2D eigenvalue weighted by Gasteiger charge is 2.34. The van der Waals surface area contributed by atoms with Crippen molar-refractivity contribution in [3.05, 3.63) is 89.2 Å². The van der Waals surface area contributed by atoms with Gasteiger partial charge in [0.05, 0.1) is 17.7 Å². The number of amides is 2. The smallest absolute Gasteiger partial charge is 0.264 e. The number of ether oxygens (including phenoxy) is 1. The lowest BCUT2D eigenvalue weighted by atomic mass is 9.95. The Morgan fingerprint density at radius 3 is 2.36 bits per heavy atom. The van der Waals surface area contributed by atoms with Crippen LogP contribution in [-0.2, 0) is 26.2 Å². The lowest BCUT2D eigenvalue weighted by Gasteiger charge is -2.33. The van der Waals surface area contributed by atoms with E-state index in [4.69, 9.17) is 16.3 Å². The Balaban J connectivity index is 1.73. The summed E-state index contributed by atoms with van der Waals surface area (Å²) in [6.45, 7) is 0.632. The van der Waals surface area contributed by atoms with E-state index < -0.39 is 34.3 Å². The lowest BCUT2D eigenvalue weighted by molar-refractivity contribution is -0.139. The number of nitrogens with zero attached hydrogens (tertiary/aromatic N) is 2. The van der Waals surface area contributed by atoms with Gasteiger partial charge in [-0.15, -0.1) is 0 Å². The van der Waals surface area contributed by atoms with Gasteiger partial charge in [-0.25, -0.2) is 12.8 Å². The van der Waals surface area contributed by atoms with Gasteiger partial charge in [-0.3, -0.25) is 13.9 Å². The summed E-state index contributed by atoms with van der Waals surface area (Å²) < 4.78 is 49.0. The van der Waals surface area contributed by atoms with Crippen molar-refractivity contribution in [2.45, 2.75) is 62.6 Å². The molecular weight excluding hydrogens is 581 g/mol. The monoisotopic (exact) mass is 615 g/mol. The summed E-state index contributed by atoms with van der Waals surface area (Å²) in [6, 6.07) is 17.1. The minimum absolute atomic E-state index is 0.00945. The standard InChI is InChI=1S/C31H35ClFN3O5S/c1-22(31(38)34-25-12-5-3-6-13-25)35(20-23-11-9-10-16-27(23)33)30(37)21-36(28-19-24(32)17-18-29(28)41-2)42(39,40)26-14-7-4-8-15-26/h4,7-11,14-19,22,25H,3,5-6,12-13,20-21H2,1-2H3,(H,34,38)/t22-/m1/s1. The van der Waals surface area contributed by atoms with Crippen molar-refractivity contribution in [1.29, 1.82) is 0 Å². The number of anilines is 1. The molecule has 11 heteroatoms. The molecule has 0 radical (unpaired) electrons. The molecule has 42 heavy (non-hydrogen) atoms. The second-order valence-corrected chi connectivity index (χ2v) is 12.6. The molecule has 0 unspecified atom stereocenters. The predicted octanol–water partition coefficient (Wildman–Crippen LogP) is 5.55. The van der Waals surface area contributed by atoms with Crippen molar-refractivity contribution in [3.63, 3.8) is 0 Å². The van der Waals surface area contributed by atoms with Crippen molar-refractivity contribution in [2.75, 3.05) is 18.0 Å². The fourth-order valence-electron chi connectivity index (χ4n) is 5.05. The summed E-state index contributed by atoms with van der Waals surface area (Å²) in [7, 11) is -2.93. The van der Waals surface area contributed by atoms with Crippen LogP contribution in [0.5, 0.6) is 5.75 Å². The van der Waals surface area contributed by atoms with Gasteiger partial charge in [-0.05, 0) is 56.2 Å². The van der Waals surface area contributed by atoms with E-state index in [0.29, 0.717) is 0 Å². The average Bonchev–Trinajstić information content (AvgIpc) is 2.99. The first-order valence-corrected chi connectivity index (χ1v) is 15.7. The van der Waals surface area contributed by atoms with Crippen LogP contribution in [0.1, 0.15) is 44.6 Å². The second-order valence-electron chi connectivity index (χ2n) is 10.3. The third kappa shape index (κ3) is 7.41. The fourth-order valence-corrected chi connectivity index (χ4v) is 6.66. The van der Waals surface area contributed by atoms with Gasteiger partial charge in [0.1, 0.15) is 24.2 Å². The third-order valence-corrected chi connectivity index (χ3v) is 9.45. The van der Waals surface area contributed by atoms with E-state index in [9.17, 15) is 22.4 Å². The molecule has 8 nitrogen and oxygen atoms in total. The van der Waals surface area contributed by atoms with E-state index in [1.807, 2.05) is 0 Å². The Bertz CT molecular complexity index is 1500. The minimum atomic E-state index is -4.31. The maximum atomic E-state index is 14.8. The predicted molar refractivity (Wildman–Crippen MR) is 160 cm³/mol. The quantitative estimate of drug-likeness (QED) is 0.305. The largest absolute Gasteiger partial charge is 0.495 e. The van der Waals surface area contributed by atoms with Crippen LogP contribution < -0.4 is 14.4 Å². The SMILES string of the molecule is COc1ccc(Cl)cc1N(CC(=O)N(Cc1ccccc1F)[C@H](C)C(=O)NC1CCCCC1)S(=O)(=O)c1ccccc1. The zero-order chi connectivity index (χ0) is 30.3. The molecule has 224 valence electrons. The minimum Gasteiger partial charge on any atom is -0.495 e. The Kier molecular flexibility index (Phi) is 10.5. The van der Waals surface area contributed by atoms with Crippen LogP contribution in [0.3, 0.4) is 0 Å². The molecule has 0 aliphatic heterocycles. The van der Waals surface area contributed by atoms with Crippen molar-refractivity contribution in [1.82, 2.24) is 10.2 Å². The molecule has 1 atom stereocenters. The zero-order valence-electron chi connectivity index (χ0n) is 23.6. The fraction of sp³-hybridized carbons (Fsp3) is 0.355. The van der Waals surface area contributed by atoms with Crippen molar-refractivity contribution < 1.29 is 27.1 Å². The molecular formula is C31H35ClFN3O5S. The van der Waals surface area contributed by atoms with Gasteiger partial charge in [0, 0.05) is 23.2 Å². The summed E-state index contributed by atoms with van der Waals surface area (Å²) in [6.07, 6.45) is 4.81. The van der Waals surface area contributed by atoms with Gasteiger partial charge < -0.3 is 15.0 Å². The molecule has 1 aliphatic carbocycles. The van der Waals surface area contributed by atoms with Gasteiger partial charge in [-0.2, -0.15) is 0 Å². The van der Waals surface area contributed by atoms with E-state index in [1.54, 1.807) is 37.3 Å². The van der Waals surface area contributed by atoms with Crippen molar-refractivity contribution in [2.24, 2.45) is 0 Å². The summed E-state index contributed by atoms with van der Waals surface area (Å²) in [5, 5.41) is 3.26. The van der Waals surface area contributed by atoms with Crippen molar-refractivity contribution in [3.8, 4) is 5.75 Å². The average molecular weight is 616 g/mol. The lowest BCUT2D eigenvalue weighted by Crippen LogP contribution is -2.53. The molecule has 4 rings (SSSR count). The first kappa shape index (κ1) is 31.3. The normalized spacial score (nSPS) is 14.6. The van der Waals surface area contributed by atoms with E-state index in [0.717, 1.165) is 36.4 Å². The summed E-state index contributed by atoms with van der Waals surface area (Å²) >= 11 is 6.26. The van der Waals surface area contributed by atoms with Crippen LogP contribution in [0, 0.1) is 5.82 Å². The third-order valence-electron chi connectivity index (χ3n) is 7.44. The molecule has 1 saturated carbocycles. The van der Waals surface area contributed by atoms with Crippen LogP contribution in [0.25, 0.3) is 0 Å². The van der Waals surface area contributed by atoms with Crippen LogP contribution >= 0.6 is 11.6 Å². The maximum Gasteiger partial charge on any atom is 0.264 e. The number of carbonyl (C=O) groups excluding carboxylic acids is 2. The number of sulfonamides is 1. The van der Waals surface area contributed by atoms with Crippen LogP contribution in [0.4, 0.5) is 10.1 Å². The molecule has 1 N–H and O–H groups in total. The molecule has 2 amide bonds. The highest BCUT2D eigenvalue weighted by Crippen LogP contribution is 2.35. The van der Waals surface area contributed by atoms with Crippen LogP contribution in [0.15, 0.2) is 77.7 Å². The Morgan fingerprint density at radius 2 is 1.69 bits per heavy atom. The summed E-state index contributed by atoms with van der Waals surface area (Å²) in [5.74, 6) is -1.45. The van der Waals surface area contributed by atoms with E-state index in [2.05, 4.69) is 5.32 Å². The number of benzene rings is 3. The first-order chi connectivity index (χ1) is 20.1. The Hall–Kier alpha value is -3.63. The van der Waals surface area contributed by atoms with E-state index >= 15 is 0 Å². The molecule has 0 bridgehead atoms. The molecule has 0 heterocycles. The number of hydrogen-bond donors (Lipinski definition) is 1. The number of halogens is 2. The van der Waals surface area contributed by atoms with Gasteiger partial charge >= 0.3 is 0 Å². The Labute approximate surface area is 251 Å². The number of hydrogen-bond acceptors (Lipinski definition) is 5. The number of rotatable bonds is 11. The van der Waals surface area contributed by atoms with Crippen LogP contribution in [0.2, 0.25) is 5.02 Å². The van der Waals surface area contributed by atoms with E-state index in [-0.39, 0.29) is 45.4 Å². The summed E-state index contributed by atoms with van der Waals surface area (Å²) in [5.41, 5.74) is 0.244. The molecule has 0 spiro atoms. The zero-order valence-corrected chi connectivity index (χ0v) is 25.2. The van der Waals surface area contributed by atoms with Crippen molar-refractivity contribution >= 4 is 39.1 Å². The topological polar surface area (TPSA) is 96.0 Å². The number of nitrogens with one attached hydrogen (secondary N) is 1. The molecule has 0 aromatic heterocycles. The molecule has 1 aliphatic rings. The second kappa shape index (κ2) is 14.0. The first-order valence-electron chi connectivity index (χ1n) is 13.9. The molecule has 1 fully saturated rings. The summed E-state index contributed by atoms with van der Waals surface area (Å²) in [4.78, 5) is 28.6. The highest BCUT2D eigenvalue weighted by molar-refractivity contribution is 7.92. The molecule has 0 saturated heterocycles. The molecule has 3 aromatic carbocycles. The number of carbonyl (C=O) groups is 2. The van der Waals surface area contributed by atoms with Crippen LogP contribution in [-0.4, -0.2) is 50.9 Å². The van der Waals surface area contributed by atoms with Gasteiger partial charge in [0.15, 0.2) is 0 Å². The Morgan fingerprint density at radius 1 is 1.02 bits per heavy atom. The highest BCUT2D eigenvalue weighted by atomic mass is 35.5. The number of methoxy groups -OCH3 is 1. The molecule has 3 aromatic rings.